The Balaban J connectivity index is 1.87. The van der Waals surface area contributed by atoms with E-state index < -0.39 is 0 Å². The van der Waals surface area contributed by atoms with E-state index in [1.807, 2.05) is 42.6 Å². The maximum Gasteiger partial charge on any atom is 0.219 e. The van der Waals surface area contributed by atoms with Crippen LogP contribution in [0.2, 0.25) is 0 Å². The van der Waals surface area contributed by atoms with Crippen LogP contribution in [0.4, 0.5) is 0 Å². The number of rotatable bonds is 3. The summed E-state index contributed by atoms with van der Waals surface area (Å²) in [7, 11) is 0. The number of hydrogen-bond acceptors (Lipinski definition) is 2. The monoisotopic (exact) mass is 313 g/mol. The summed E-state index contributed by atoms with van der Waals surface area (Å²) in [5.41, 5.74) is 1.34. The van der Waals surface area contributed by atoms with Crippen molar-refractivity contribution in [3.05, 3.63) is 78.5 Å². The van der Waals surface area contributed by atoms with Gasteiger partial charge in [0.25, 0.3) is 0 Å². The molecule has 0 fully saturated rings. The summed E-state index contributed by atoms with van der Waals surface area (Å²) in [6.45, 7) is 4.44. The van der Waals surface area contributed by atoms with Gasteiger partial charge in [-0.25, -0.2) is 4.98 Å². The van der Waals surface area contributed by atoms with Gasteiger partial charge in [-0.15, -0.1) is 0 Å². The minimum absolute atomic E-state index is 0.506. The van der Waals surface area contributed by atoms with Crippen LogP contribution in [-0.2, 0) is 0 Å². The number of hydrogen-bond donors (Lipinski definition) is 0. The lowest BCUT2D eigenvalue weighted by atomic mass is 9.96. The van der Waals surface area contributed by atoms with Crippen molar-refractivity contribution in [1.82, 2.24) is 4.98 Å². The van der Waals surface area contributed by atoms with Crippen LogP contribution in [0.25, 0.3) is 21.5 Å². The first-order chi connectivity index (χ1) is 11.7. The van der Waals surface area contributed by atoms with Crippen molar-refractivity contribution >= 4 is 21.5 Å². The molecule has 0 aliphatic rings. The Bertz CT molecular complexity index is 1010. The Morgan fingerprint density at radius 3 is 2.29 bits per heavy atom. The lowest BCUT2D eigenvalue weighted by Crippen LogP contribution is -1.90. The lowest BCUT2D eigenvalue weighted by molar-refractivity contribution is 0.464. The van der Waals surface area contributed by atoms with E-state index in [4.69, 9.17) is 4.74 Å². The molecule has 2 nitrogen and oxygen atoms in total. The summed E-state index contributed by atoms with van der Waals surface area (Å²) in [6, 6.07) is 22.8. The molecule has 4 aromatic rings. The van der Waals surface area contributed by atoms with E-state index in [1.54, 1.807) is 0 Å². The van der Waals surface area contributed by atoms with Crippen LogP contribution in [-0.4, -0.2) is 4.98 Å². The standard InChI is InChI=1S/C22H19NO/c1-15(2)17-10-8-16-9-11-18-14-23-22(13-21(18)20(16)12-17)24-19-6-4-3-5-7-19/h3-15H,1-2H3. The van der Waals surface area contributed by atoms with Gasteiger partial charge in [0.1, 0.15) is 5.75 Å². The summed E-state index contributed by atoms with van der Waals surface area (Å²) in [5, 5.41) is 4.79. The van der Waals surface area contributed by atoms with Crippen molar-refractivity contribution in [2.75, 3.05) is 0 Å². The van der Waals surface area contributed by atoms with Gasteiger partial charge < -0.3 is 4.74 Å². The molecule has 2 heteroatoms. The quantitative estimate of drug-likeness (QED) is 0.414. The highest BCUT2D eigenvalue weighted by Gasteiger charge is 2.07. The molecule has 3 aromatic carbocycles. The minimum atomic E-state index is 0.506. The fraction of sp³-hybridized carbons (Fsp3) is 0.136. The largest absolute Gasteiger partial charge is 0.439 e. The summed E-state index contributed by atoms with van der Waals surface area (Å²) in [5.74, 6) is 1.93. The van der Waals surface area contributed by atoms with Crippen molar-refractivity contribution in [2.24, 2.45) is 0 Å². The van der Waals surface area contributed by atoms with E-state index in [1.165, 1.54) is 21.7 Å². The van der Waals surface area contributed by atoms with Gasteiger partial charge >= 0.3 is 0 Å². The van der Waals surface area contributed by atoms with Gasteiger partial charge in [0.2, 0.25) is 5.88 Å². The maximum atomic E-state index is 5.90. The third-order valence-corrected chi connectivity index (χ3v) is 4.35. The number of ether oxygens (including phenoxy) is 1. The summed E-state index contributed by atoms with van der Waals surface area (Å²) >= 11 is 0. The predicted octanol–water partition coefficient (Wildman–Crippen LogP) is 6.30. The Morgan fingerprint density at radius 1 is 0.792 bits per heavy atom. The number of nitrogens with zero attached hydrogens (tertiary/aromatic N) is 1. The number of aromatic nitrogens is 1. The van der Waals surface area contributed by atoms with Crippen LogP contribution in [0, 0.1) is 0 Å². The second-order valence-corrected chi connectivity index (χ2v) is 6.36. The SMILES string of the molecule is CC(C)c1ccc2ccc3cnc(Oc4ccccc4)cc3c2c1. The molecule has 0 unspecified atom stereocenters. The molecule has 24 heavy (non-hydrogen) atoms. The van der Waals surface area contributed by atoms with Gasteiger partial charge in [-0.05, 0) is 39.8 Å². The number of fused-ring (bicyclic) bond motifs is 3. The molecule has 118 valence electrons. The third kappa shape index (κ3) is 2.71. The molecule has 1 aromatic heterocycles. The molecular weight excluding hydrogens is 294 g/mol. The van der Waals surface area contributed by atoms with Gasteiger partial charge in [0.05, 0.1) is 0 Å². The third-order valence-electron chi connectivity index (χ3n) is 4.35. The fourth-order valence-electron chi connectivity index (χ4n) is 2.97. The Hall–Kier alpha value is -2.87. The second kappa shape index (κ2) is 5.97. The smallest absolute Gasteiger partial charge is 0.219 e. The summed E-state index contributed by atoms with van der Waals surface area (Å²) < 4.78 is 5.90. The highest BCUT2D eigenvalue weighted by molar-refractivity contribution is 6.07. The van der Waals surface area contributed by atoms with Crippen LogP contribution in [0.5, 0.6) is 11.6 Å². The zero-order valence-corrected chi connectivity index (χ0v) is 13.9. The highest BCUT2D eigenvalue weighted by Crippen LogP contribution is 2.31. The van der Waals surface area contributed by atoms with Crippen LogP contribution in [0.1, 0.15) is 25.3 Å². The van der Waals surface area contributed by atoms with E-state index in [-0.39, 0.29) is 0 Å². The number of benzene rings is 3. The average Bonchev–Trinajstić information content (AvgIpc) is 2.62. The molecule has 0 amide bonds. The zero-order valence-electron chi connectivity index (χ0n) is 13.9. The van der Waals surface area contributed by atoms with Crippen LogP contribution < -0.4 is 4.74 Å². The molecule has 4 rings (SSSR count). The minimum Gasteiger partial charge on any atom is -0.439 e. The molecule has 0 spiro atoms. The van der Waals surface area contributed by atoms with Gasteiger partial charge in [0, 0.05) is 17.6 Å². The van der Waals surface area contributed by atoms with E-state index >= 15 is 0 Å². The normalized spacial score (nSPS) is 11.3. The topological polar surface area (TPSA) is 22.1 Å². The van der Waals surface area contributed by atoms with Gasteiger partial charge in [-0.2, -0.15) is 0 Å². The first-order valence-corrected chi connectivity index (χ1v) is 8.26. The van der Waals surface area contributed by atoms with Crippen LogP contribution >= 0.6 is 0 Å². The molecule has 0 atom stereocenters. The number of pyridine rings is 1. The summed E-state index contributed by atoms with van der Waals surface area (Å²) in [6.07, 6.45) is 1.88. The molecule has 0 aliphatic heterocycles. The van der Waals surface area contributed by atoms with Crippen molar-refractivity contribution in [3.63, 3.8) is 0 Å². The molecule has 0 radical (unpaired) electrons. The Morgan fingerprint density at radius 2 is 1.50 bits per heavy atom. The fourth-order valence-corrected chi connectivity index (χ4v) is 2.97. The van der Waals surface area contributed by atoms with Crippen molar-refractivity contribution < 1.29 is 4.74 Å². The van der Waals surface area contributed by atoms with E-state index in [2.05, 4.69) is 49.2 Å². The molecule has 0 bridgehead atoms. The first kappa shape index (κ1) is 14.7. The first-order valence-electron chi connectivity index (χ1n) is 8.26. The predicted molar refractivity (Wildman–Crippen MR) is 99.9 cm³/mol. The molecule has 0 aliphatic carbocycles. The van der Waals surface area contributed by atoms with Crippen molar-refractivity contribution in [1.29, 1.82) is 0 Å². The molecule has 1 heterocycles. The second-order valence-electron chi connectivity index (χ2n) is 6.36. The van der Waals surface area contributed by atoms with Gasteiger partial charge in [-0.1, -0.05) is 62.4 Å². The zero-order chi connectivity index (χ0) is 16.5. The maximum absolute atomic E-state index is 5.90. The summed E-state index contributed by atoms with van der Waals surface area (Å²) in [4.78, 5) is 4.44. The molecular formula is C22H19NO. The molecule has 0 saturated carbocycles. The number of para-hydroxylation sites is 1. The molecule has 0 N–H and O–H groups in total. The van der Waals surface area contributed by atoms with E-state index in [0.717, 1.165) is 11.1 Å². The van der Waals surface area contributed by atoms with Crippen molar-refractivity contribution in [2.45, 2.75) is 19.8 Å². The molecule has 0 saturated heterocycles. The Kier molecular flexibility index (Phi) is 3.66. The van der Waals surface area contributed by atoms with Crippen LogP contribution in [0.15, 0.2) is 72.9 Å². The highest BCUT2D eigenvalue weighted by atomic mass is 16.5. The van der Waals surface area contributed by atoms with Gasteiger partial charge in [0.15, 0.2) is 0 Å². The van der Waals surface area contributed by atoms with Crippen molar-refractivity contribution in [3.8, 4) is 11.6 Å². The lowest BCUT2D eigenvalue weighted by Gasteiger charge is -2.10. The Labute approximate surface area is 141 Å². The van der Waals surface area contributed by atoms with E-state index in [9.17, 15) is 0 Å². The van der Waals surface area contributed by atoms with Crippen LogP contribution in [0.3, 0.4) is 0 Å². The average molecular weight is 313 g/mol. The van der Waals surface area contributed by atoms with E-state index in [0.29, 0.717) is 11.8 Å². The van der Waals surface area contributed by atoms with Gasteiger partial charge in [-0.3, -0.25) is 0 Å².